The van der Waals surface area contributed by atoms with Crippen LogP contribution in [0.2, 0.25) is 0 Å². The summed E-state index contributed by atoms with van der Waals surface area (Å²) in [6.45, 7) is 0. The quantitative estimate of drug-likeness (QED) is 0.427. The summed E-state index contributed by atoms with van der Waals surface area (Å²) >= 11 is 0. The molecule has 3 saturated carbocycles. The van der Waals surface area contributed by atoms with Crippen LogP contribution >= 0.6 is 7.92 Å². The smallest absolute Gasteiger partial charge is 0 e. The standard InChI is InChI=1S/C18H33P.B.FH/c1-4-10-16(11-5-1)19(17-12-6-2-7-13-17)18-14-8-3-9-15-18;;/h16-18H,1-15H2;;1H. The topological polar surface area (TPSA) is 0 Å². The molecule has 0 aromatic carbocycles. The van der Waals surface area contributed by atoms with Crippen molar-refractivity contribution in [2.24, 2.45) is 0 Å². The van der Waals surface area contributed by atoms with Crippen LogP contribution in [0, 0.1) is 0 Å². The van der Waals surface area contributed by atoms with Crippen LogP contribution in [0.25, 0.3) is 0 Å². The first kappa shape index (κ1) is 19.5. The molecule has 0 atom stereocenters. The number of rotatable bonds is 3. The third-order valence-electron chi connectivity index (χ3n) is 5.99. The molecule has 3 heteroatoms. The lowest BCUT2D eigenvalue weighted by Crippen LogP contribution is -2.28. The van der Waals surface area contributed by atoms with Crippen molar-refractivity contribution in [2.45, 2.75) is 113 Å². The van der Waals surface area contributed by atoms with Crippen LogP contribution in [0.15, 0.2) is 0 Å². The average Bonchev–Trinajstić information content (AvgIpc) is 2.51. The molecule has 0 bridgehead atoms. The fraction of sp³-hybridized carbons (Fsp3) is 1.00. The van der Waals surface area contributed by atoms with Crippen molar-refractivity contribution in [2.75, 3.05) is 0 Å². The first-order valence-corrected chi connectivity index (χ1v) is 10.8. The van der Waals surface area contributed by atoms with E-state index in [-0.39, 0.29) is 13.1 Å². The van der Waals surface area contributed by atoms with Crippen molar-refractivity contribution in [3.05, 3.63) is 0 Å². The minimum atomic E-state index is 0. The van der Waals surface area contributed by atoms with Crippen LogP contribution in [0.3, 0.4) is 0 Å². The Balaban J connectivity index is 0.00000110. The Hall–Kier alpha value is 0.425. The van der Waals surface area contributed by atoms with E-state index in [4.69, 9.17) is 0 Å². The Kier molecular flexibility index (Phi) is 9.50. The summed E-state index contributed by atoms with van der Waals surface area (Å²) in [6, 6.07) is 0. The van der Waals surface area contributed by atoms with Gasteiger partial charge in [0.1, 0.15) is 0 Å². The first-order chi connectivity index (χ1) is 9.45. The van der Waals surface area contributed by atoms with Gasteiger partial charge in [0.05, 0.1) is 0 Å². The fourth-order valence-electron chi connectivity index (χ4n) is 5.03. The summed E-state index contributed by atoms with van der Waals surface area (Å²) < 4.78 is 0. The molecule has 3 aliphatic rings. The van der Waals surface area contributed by atoms with Crippen molar-refractivity contribution in [3.63, 3.8) is 0 Å². The molecule has 0 amide bonds. The number of hydrogen-bond donors (Lipinski definition) is 0. The lowest BCUT2D eigenvalue weighted by Gasteiger charge is -2.44. The number of hydrogen-bond acceptors (Lipinski definition) is 0. The molecule has 21 heavy (non-hydrogen) atoms. The Labute approximate surface area is 134 Å². The monoisotopic (exact) mass is 311 g/mol. The highest BCUT2D eigenvalue weighted by molar-refractivity contribution is 7.59. The molecule has 0 N–H and O–H groups in total. The summed E-state index contributed by atoms with van der Waals surface area (Å²) in [7, 11) is 0.385. The fourth-order valence-corrected chi connectivity index (χ4v) is 9.71. The van der Waals surface area contributed by atoms with E-state index in [1.54, 1.807) is 77.0 Å². The van der Waals surface area contributed by atoms with E-state index >= 15 is 0 Å². The second-order valence-electron chi connectivity index (χ2n) is 7.32. The lowest BCUT2D eigenvalue weighted by atomic mass is 9.99. The molecule has 121 valence electrons. The molecule has 0 aromatic heterocycles. The van der Waals surface area contributed by atoms with Crippen molar-refractivity contribution in [1.82, 2.24) is 0 Å². The van der Waals surface area contributed by atoms with Gasteiger partial charge in [-0.3, -0.25) is 4.70 Å². The third kappa shape index (κ3) is 5.23. The highest BCUT2D eigenvalue weighted by atomic mass is 31.1. The molecule has 3 aliphatic carbocycles. The first-order valence-electron chi connectivity index (χ1n) is 9.22. The summed E-state index contributed by atoms with van der Waals surface area (Å²) in [4.78, 5) is 0. The Morgan fingerprint density at radius 1 is 0.429 bits per heavy atom. The van der Waals surface area contributed by atoms with Crippen LogP contribution in [0.4, 0.5) is 4.70 Å². The van der Waals surface area contributed by atoms with Gasteiger partial charge in [-0.2, -0.15) is 0 Å². The van der Waals surface area contributed by atoms with Gasteiger partial charge in [-0.05, 0) is 55.5 Å². The Bertz CT molecular complexity index is 213. The summed E-state index contributed by atoms with van der Waals surface area (Å²) in [5.41, 5.74) is 3.57. The second-order valence-corrected chi connectivity index (χ2v) is 10.4. The largest absolute Gasteiger partial charge is 0.269 e. The van der Waals surface area contributed by atoms with Crippen molar-refractivity contribution in [3.8, 4) is 0 Å². The van der Waals surface area contributed by atoms with E-state index in [1.807, 2.05) is 0 Å². The van der Waals surface area contributed by atoms with Gasteiger partial charge in [0.15, 0.2) is 0 Å². The molecule has 0 aliphatic heterocycles. The second kappa shape index (κ2) is 10.2. The van der Waals surface area contributed by atoms with Gasteiger partial charge in [-0.15, -0.1) is 0 Å². The lowest BCUT2D eigenvalue weighted by molar-refractivity contribution is 0.460. The predicted molar refractivity (Wildman–Crippen MR) is 95.8 cm³/mol. The maximum Gasteiger partial charge on any atom is 0 e. The van der Waals surface area contributed by atoms with Crippen LogP contribution in [-0.4, -0.2) is 25.4 Å². The van der Waals surface area contributed by atoms with E-state index < -0.39 is 0 Å². The molecule has 0 nitrogen and oxygen atoms in total. The zero-order chi connectivity index (χ0) is 12.9. The number of halogens is 1. The third-order valence-corrected chi connectivity index (χ3v) is 10.1. The summed E-state index contributed by atoms with van der Waals surface area (Å²) in [5.74, 6) is 0. The molecule has 0 unspecified atom stereocenters. The van der Waals surface area contributed by atoms with E-state index in [9.17, 15) is 0 Å². The Morgan fingerprint density at radius 2 is 0.667 bits per heavy atom. The van der Waals surface area contributed by atoms with E-state index in [2.05, 4.69) is 0 Å². The van der Waals surface area contributed by atoms with Crippen LogP contribution in [-0.2, 0) is 0 Å². The zero-order valence-corrected chi connectivity index (χ0v) is 14.7. The normalized spacial score (nSPS) is 26.1. The summed E-state index contributed by atoms with van der Waals surface area (Å²) in [6.07, 6.45) is 23.6. The van der Waals surface area contributed by atoms with Crippen LogP contribution in [0.5, 0.6) is 0 Å². The molecule has 0 saturated heterocycles. The summed E-state index contributed by atoms with van der Waals surface area (Å²) in [5, 5.41) is 0. The van der Waals surface area contributed by atoms with Crippen molar-refractivity contribution >= 4 is 16.3 Å². The van der Waals surface area contributed by atoms with Crippen LogP contribution < -0.4 is 0 Å². The van der Waals surface area contributed by atoms with Gasteiger partial charge in [-0.1, -0.05) is 65.7 Å². The molecular formula is C18H34BFP. The molecule has 3 rings (SSSR count). The Morgan fingerprint density at radius 3 is 0.905 bits per heavy atom. The highest BCUT2D eigenvalue weighted by Crippen LogP contribution is 2.61. The predicted octanol–water partition coefficient (Wildman–Crippen LogP) is 6.24. The van der Waals surface area contributed by atoms with Crippen molar-refractivity contribution in [1.29, 1.82) is 0 Å². The molecule has 3 radical (unpaired) electrons. The molecule has 3 fully saturated rings. The highest BCUT2D eigenvalue weighted by Gasteiger charge is 2.36. The van der Waals surface area contributed by atoms with Gasteiger partial charge in [0, 0.05) is 8.41 Å². The van der Waals surface area contributed by atoms with E-state index in [0.29, 0.717) is 7.92 Å². The van der Waals surface area contributed by atoms with Gasteiger partial charge < -0.3 is 0 Å². The maximum absolute atomic E-state index is 1.61. The molecule has 0 heterocycles. The molecule has 0 aromatic rings. The average molecular weight is 311 g/mol. The van der Waals surface area contributed by atoms with E-state index in [0.717, 1.165) is 0 Å². The van der Waals surface area contributed by atoms with Crippen molar-refractivity contribution < 1.29 is 4.70 Å². The van der Waals surface area contributed by atoms with Gasteiger partial charge in [0.25, 0.3) is 0 Å². The minimum absolute atomic E-state index is 0. The SMILES string of the molecule is C1CCC(P(C2CCCCC2)C2CCCCC2)CC1.F.[B]. The molecule has 0 spiro atoms. The minimum Gasteiger partial charge on any atom is -0.269 e. The van der Waals surface area contributed by atoms with Crippen LogP contribution in [0.1, 0.15) is 96.3 Å². The zero-order valence-electron chi connectivity index (χ0n) is 13.8. The maximum atomic E-state index is 1.61. The molecular weight excluding hydrogens is 277 g/mol. The van der Waals surface area contributed by atoms with E-state index in [1.165, 1.54) is 36.2 Å². The van der Waals surface area contributed by atoms with Gasteiger partial charge in [0.2, 0.25) is 0 Å². The van der Waals surface area contributed by atoms with Gasteiger partial charge in [-0.25, -0.2) is 0 Å². The van der Waals surface area contributed by atoms with Gasteiger partial charge >= 0.3 is 0 Å².